The minimum Gasteiger partial charge on any atom is -0.370 e. The van der Waals surface area contributed by atoms with Gasteiger partial charge in [0.25, 0.3) is 0 Å². The van der Waals surface area contributed by atoms with E-state index in [4.69, 9.17) is 0 Å². The van der Waals surface area contributed by atoms with Gasteiger partial charge >= 0.3 is 0 Å². The molecule has 1 unspecified atom stereocenters. The van der Waals surface area contributed by atoms with Gasteiger partial charge in [-0.2, -0.15) is 0 Å². The molecule has 1 aliphatic rings. The van der Waals surface area contributed by atoms with Crippen molar-refractivity contribution in [3.63, 3.8) is 0 Å². The lowest BCUT2D eigenvalue weighted by Gasteiger charge is -2.15. The predicted molar refractivity (Wildman–Crippen MR) is 80.9 cm³/mol. The molecule has 0 aromatic carbocycles. The van der Waals surface area contributed by atoms with E-state index in [2.05, 4.69) is 20.6 Å². The van der Waals surface area contributed by atoms with Crippen molar-refractivity contribution in [3.8, 4) is 0 Å². The molecule has 0 bridgehead atoms. The van der Waals surface area contributed by atoms with Crippen molar-refractivity contribution in [2.24, 2.45) is 5.92 Å². The van der Waals surface area contributed by atoms with Crippen LogP contribution < -0.4 is 10.6 Å². The van der Waals surface area contributed by atoms with Crippen LogP contribution in [0.2, 0.25) is 0 Å². The van der Waals surface area contributed by atoms with Crippen LogP contribution in [0.3, 0.4) is 0 Å². The van der Waals surface area contributed by atoms with Crippen molar-refractivity contribution in [3.05, 3.63) is 11.4 Å². The van der Waals surface area contributed by atoms with Gasteiger partial charge in [-0.15, -0.1) is 0 Å². The fraction of sp³-hybridized carbons (Fsp3) is 0.692. The summed E-state index contributed by atoms with van der Waals surface area (Å²) in [7, 11) is -2.82. The molecule has 6 nitrogen and oxygen atoms in total. The molecule has 1 aromatic heterocycles. The predicted octanol–water partition coefficient (Wildman–Crippen LogP) is 1.37. The smallest absolute Gasteiger partial charge is 0.150 e. The summed E-state index contributed by atoms with van der Waals surface area (Å²) in [5.74, 6) is 3.09. The van der Waals surface area contributed by atoms with Gasteiger partial charge in [-0.3, -0.25) is 0 Å². The number of sulfone groups is 1. The summed E-state index contributed by atoms with van der Waals surface area (Å²) in [5, 5.41) is 6.49. The zero-order valence-electron chi connectivity index (χ0n) is 12.2. The molecule has 1 aliphatic heterocycles. The molecule has 1 aromatic rings. The molecule has 112 valence electrons. The Morgan fingerprint density at radius 3 is 2.40 bits per heavy atom. The van der Waals surface area contributed by atoms with E-state index in [0.29, 0.717) is 18.1 Å². The van der Waals surface area contributed by atoms with Gasteiger partial charge in [0.2, 0.25) is 0 Å². The first kappa shape index (κ1) is 15.0. The van der Waals surface area contributed by atoms with Gasteiger partial charge < -0.3 is 10.6 Å². The lowest BCUT2D eigenvalue weighted by molar-refractivity contribution is 0.595. The Kier molecular flexibility index (Phi) is 4.47. The summed E-state index contributed by atoms with van der Waals surface area (Å²) in [6.07, 6.45) is 0.735. The molecule has 0 amide bonds. The van der Waals surface area contributed by atoms with Gasteiger partial charge in [-0.05, 0) is 33.1 Å². The lowest BCUT2D eigenvalue weighted by atomic mass is 10.1. The molecule has 1 fully saturated rings. The number of aromatic nitrogens is 2. The van der Waals surface area contributed by atoms with Crippen molar-refractivity contribution in [1.29, 1.82) is 0 Å². The molecule has 0 aliphatic carbocycles. The molecule has 2 heterocycles. The Morgan fingerprint density at radius 1 is 1.20 bits per heavy atom. The Morgan fingerprint density at radius 2 is 1.85 bits per heavy atom. The number of nitrogens with one attached hydrogen (secondary N) is 2. The van der Waals surface area contributed by atoms with Crippen LogP contribution in [0.4, 0.5) is 11.6 Å². The van der Waals surface area contributed by atoms with Crippen molar-refractivity contribution >= 4 is 21.5 Å². The molecule has 0 saturated carbocycles. The highest BCUT2D eigenvalue weighted by Gasteiger charge is 2.27. The average molecular weight is 298 g/mol. The van der Waals surface area contributed by atoms with E-state index in [1.807, 2.05) is 20.8 Å². The van der Waals surface area contributed by atoms with Crippen LogP contribution in [0, 0.1) is 19.8 Å². The average Bonchev–Trinajstić information content (AvgIpc) is 2.71. The van der Waals surface area contributed by atoms with E-state index < -0.39 is 9.84 Å². The highest BCUT2D eigenvalue weighted by molar-refractivity contribution is 7.91. The molecule has 0 spiro atoms. The fourth-order valence-electron chi connectivity index (χ4n) is 2.41. The SMILES string of the molecule is CCNc1nc(C)nc(NCC2CCS(=O)(=O)C2)c1C. The summed E-state index contributed by atoms with van der Waals surface area (Å²) in [5.41, 5.74) is 0.971. The van der Waals surface area contributed by atoms with E-state index >= 15 is 0 Å². The zero-order valence-corrected chi connectivity index (χ0v) is 13.0. The molecule has 20 heavy (non-hydrogen) atoms. The van der Waals surface area contributed by atoms with E-state index in [9.17, 15) is 8.42 Å². The topological polar surface area (TPSA) is 84.0 Å². The molecule has 1 saturated heterocycles. The fourth-order valence-corrected chi connectivity index (χ4v) is 4.28. The molecule has 7 heteroatoms. The number of hydrogen-bond acceptors (Lipinski definition) is 6. The van der Waals surface area contributed by atoms with Crippen LogP contribution >= 0.6 is 0 Å². The third kappa shape index (κ3) is 3.59. The second-order valence-corrected chi connectivity index (χ2v) is 7.50. The van der Waals surface area contributed by atoms with Crippen molar-refractivity contribution in [2.75, 3.05) is 35.2 Å². The monoisotopic (exact) mass is 298 g/mol. The zero-order chi connectivity index (χ0) is 14.8. The minimum absolute atomic E-state index is 0.178. The van der Waals surface area contributed by atoms with Crippen LogP contribution in [0.1, 0.15) is 24.7 Å². The number of hydrogen-bond donors (Lipinski definition) is 2. The van der Waals surface area contributed by atoms with E-state index in [1.54, 1.807) is 0 Å². The number of aryl methyl sites for hydroxylation is 1. The van der Waals surface area contributed by atoms with Crippen molar-refractivity contribution in [1.82, 2.24) is 9.97 Å². The standard InChI is InChI=1S/C13H22N4O2S/c1-4-14-12-9(2)13(17-10(3)16-12)15-7-11-5-6-20(18,19)8-11/h11H,4-8H2,1-3H3,(H2,14,15,16,17). The Balaban J connectivity index is 2.06. The highest BCUT2D eigenvalue weighted by atomic mass is 32.2. The summed E-state index contributed by atoms with van der Waals surface area (Å²) >= 11 is 0. The molecule has 2 rings (SSSR count). The second kappa shape index (κ2) is 5.95. The Bertz CT molecular complexity index is 586. The highest BCUT2D eigenvalue weighted by Crippen LogP contribution is 2.22. The van der Waals surface area contributed by atoms with Crippen molar-refractivity contribution in [2.45, 2.75) is 27.2 Å². The van der Waals surface area contributed by atoms with Crippen LogP contribution in [-0.2, 0) is 9.84 Å². The van der Waals surface area contributed by atoms with Gasteiger partial charge in [0.1, 0.15) is 17.5 Å². The first-order valence-electron chi connectivity index (χ1n) is 6.94. The van der Waals surface area contributed by atoms with Gasteiger partial charge in [-0.25, -0.2) is 18.4 Å². The van der Waals surface area contributed by atoms with Crippen LogP contribution in [0.25, 0.3) is 0 Å². The molecular formula is C13H22N4O2S. The molecular weight excluding hydrogens is 276 g/mol. The summed E-state index contributed by atoms with van der Waals surface area (Å²) in [6.45, 7) is 7.28. The number of rotatable bonds is 5. The van der Waals surface area contributed by atoms with Crippen LogP contribution in [0.5, 0.6) is 0 Å². The van der Waals surface area contributed by atoms with Gasteiger partial charge in [0.05, 0.1) is 11.5 Å². The van der Waals surface area contributed by atoms with Gasteiger partial charge in [0, 0.05) is 18.7 Å². The molecule has 2 N–H and O–H groups in total. The lowest BCUT2D eigenvalue weighted by Crippen LogP contribution is -2.18. The first-order valence-corrected chi connectivity index (χ1v) is 8.77. The summed E-state index contributed by atoms with van der Waals surface area (Å²) in [6, 6.07) is 0. The van der Waals surface area contributed by atoms with Gasteiger partial charge in [-0.1, -0.05) is 0 Å². The van der Waals surface area contributed by atoms with Crippen LogP contribution in [-0.4, -0.2) is 43.0 Å². The van der Waals surface area contributed by atoms with Crippen LogP contribution in [0.15, 0.2) is 0 Å². The summed E-state index contributed by atoms with van der Waals surface area (Å²) < 4.78 is 22.9. The van der Waals surface area contributed by atoms with E-state index in [0.717, 1.165) is 30.2 Å². The Hall–Kier alpha value is -1.37. The molecule has 0 radical (unpaired) electrons. The maximum Gasteiger partial charge on any atom is 0.150 e. The minimum atomic E-state index is -2.82. The maximum absolute atomic E-state index is 11.4. The largest absolute Gasteiger partial charge is 0.370 e. The second-order valence-electron chi connectivity index (χ2n) is 5.27. The quantitative estimate of drug-likeness (QED) is 0.854. The number of anilines is 2. The number of nitrogens with zero attached hydrogens (tertiary/aromatic N) is 2. The van der Waals surface area contributed by atoms with Gasteiger partial charge in [0.15, 0.2) is 9.84 Å². The first-order chi connectivity index (χ1) is 9.41. The maximum atomic E-state index is 11.4. The van der Waals surface area contributed by atoms with E-state index in [1.165, 1.54) is 0 Å². The third-order valence-electron chi connectivity index (χ3n) is 3.49. The summed E-state index contributed by atoms with van der Waals surface area (Å²) in [4.78, 5) is 8.77. The molecule has 1 atom stereocenters. The van der Waals surface area contributed by atoms with Crippen molar-refractivity contribution < 1.29 is 8.42 Å². The Labute approximate surface area is 120 Å². The normalized spacial score (nSPS) is 20.9. The van der Waals surface area contributed by atoms with E-state index in [-0.39, 0.29) is 11.7 Å². The third-order valence-corrected chi connectivity index (χ3v) is 5.32.